The van der Waals surface area contributed by atoms with E-state index in [9.17, 15) is 63.2 Å². The summed E-state index contributed by atoms with van der Waals surface area (Å²) in [5.74, 6) is 0. The molecule has 0 aliphatic carbocycles. The van der Waals surface area contributed by atoms with Crippen LogP contribution in [0.4, 0.5) is 75.4 Å². The van der Waals surface area contributed by atoms with E-state index in [0.29, 0.717) is 72.7 Å². The van der Waals surface area contributed by atoms with Crippen molar-refractivity contribution in [1.29, 1.82) is 10.5 Å². The molecule has 0 bridgehead atoms. The molecule has 354 valence electrons. The van der Waals surface area contributed by atoms with Crippen molar-refractivity contribution in [2.75, 3.05) is 22.9 Å². The normalized spacial score (nSPS) is 15.2. The van der Waals surface area contributed by atoms with E-state index < -0.39 is 69.2 Å². The molecule has 2 heterocycles. The lowest BCUT2D eigenvalue weighted by molar-refractivity contribution is -0.144. The third kappa shape index (κ3) is 9.82. The molecule has 5 aromatic carbocycles. The maximum absolute atomic E-state index is 14.3. The fraction of sp³-hybridized carbons (Fsp3) is 0.308. The molecule has 0 N–H and O–H groups in total. The number of unbranched alkanes of at least 4 members (excludes halogenated alkanes) is 6. The first-order valence-corrected chi connectivity index (χ1v) is 21.9. The summed E-state index contributed by atoms with van der Waals surface area (Å²) >= 11 is 0. The van der Waals surface area contributed by atoms with Crippen molar-refractivity contribution in [3.05, 3.63) is 153 Å². The van der Waals surface area contributed by atoms with Gasteiger partial charge in [-0.1, -0.05) is 88.8 Å². The summed E-state index contributed by atoms with van der Waals surface area (Å²) in [6.45, 7) is 4.60. The topological polar surface area (TPSA) is 54.1 Å². The first-order valence-electron chi connectivity index (χ1n) is 21.9. The average molecular weight is 951 g/mol. The van der Waals surface area contributed by atoms with Crippen LogP contribution in [0.25, 0.3) is 22.3 Å². The number of rotatable bonds is 12. The number of hydrogen-bond donors (Lipinski definition) is 0. The van der Waals surface area contributed by atoms with Crippen LogP contribution < -0.4 is 9.80 Å². The van der Waals surface area contributed by atoms with E-state index in [1.165, 1.54) is 0 Å². The summed E-state index contributed by atoms with van der Waals surface area (Å²) in [4.78, 5) is 3.74. The van der Waals surface area contributed by atoms with E-state index in [2.05, 4.69) is 0 Å². The molecular weight excluding hydrogens is 909 g/mol. The van der Waals surface area contributed by atoms with Gasteiger partial charge in [-0.15, -0.1) is 0 Å². The van der Waals surface area contributed by atoms with Crippen LogP contribution in [0, 0.1) is 22.7 Å². The lowest BCUT2D eigenvalue weighted by Gasteiger charge is -2.40. The van der Waals surface area contributed by atoms with Gasteiger partial charge in [-0.2, -0.15) is 63.2 Å². The molecule has 5 aromatic rings. The highest BCUT2D eigenvalue weighted by molar-refractivity contribution is 6.16. The molecule has 16 heteroatoms. The molecule has 0 saturated carbocycles. The molecule has 0 amide bonds. The summed E-state index contributed by atoms with van der Waals surface area (Å²) in [6.07, 6.45) is -14.9. The molecule has 0 atom stereocenters. The molecule has 0 radical (unpaired) electrons. The third-order valence-corrected chi connectivity index (χ3v) is 12.1. The molecule has 0 unspecified atom stereocenters. The Balaban J connectivity index is 1.65. The SMILES string of the molecule is CCCCCCN1c2ccccc2/C(=C(/C#N)c2cc(C(F)(F)F)cc(C(F)(F)F)c2)c2cc3c(cc21)/C(=C(\C#N)c1cc(C(F)(F)F)cc(C(F)(F)F)c1)c1ccccc1N3CCCCCC. The summed E-state index contributed by atoms with van der Waals surface area (Å²) in [5, 5.41) is 21.9. The molecule has 68 heavy (non-hydrogen) atoms. The van der Waals surface area contributed by atoms with E-state index in [-0.39, 0.29) is 45.8 Å². The summed E-state index contributed by atoms with van der Waals surface area (Å²) in [6, 6.07) is 22.0. The van der Waals surface area contributed by atoms with Gasteiger partial charge >= 0.3 is 24.7 Å². The van der Waals surface area contributed by atoms with Crippen molar-refractivity contribution in [3.8, 4) is 12.1 Å². The molecule has 4 nitrogen and oxygen atoms in total. The maximum atomic E-state index is 14.3. The quantitative estimate of drug-likeness (QED) is 0.0710. The van der Waals surface area contributed by atoms with Gasteiger partial charge in [-0.05, 0) is 84.6 Å². The molecule has 0 fully saturated rings. The Bertz CT molecular complexity index is 2610. The van der Waals surface area contributed by atoms with Crippen LogP contribution in [0.5, 0.6) is 0 Å². The second-order valence-electron chi connectivity index (χ2n) is 16.7. The highest BCUT2D eigenvalue weighted by atomic mass is 19.4. The number of benzene rings is 5. The Hall–Kier alpha value is -6.68. The van der Waals surface area contributed by atoms with E-state index >= 15 is 0 Å². The van der Waals surface area contributed by atoms with Gasteiger partial charge in [0, 0.05) is 69.2 Å². The van der Waals surface area contributed by atoms with Crippen molar-refractivity contribution in [3.63, 3.8) is 0 Å². The second-order valence-corrected chi connectivity index (χ2v) is 16.7. The molecule has 0 aromatic heterocycles. The van der Waals surface area contributed by atoms with Crippen LogP contribution in [0.15, 0.2) is 97.1 Å². The van der Waals surface area contributed by atoms with Crippen LogP contribution >= 0.6 is 0 Å². The standard InChI is InChI=1S/C52H42F12N4/c1-3-5-7-13-19-67-43-17-11-9-15-37(43)47(41(29-65)31-21-33(49(53,54)55)25-34(22-31)50(56,57)58)39-28-46-40(27-45(39)67)48(38-16-10-12-18-44(38)68(46)20-14-8-6-4-2)42(30-66)32-23-35(51(59,60)61)26-36(24-32)52(62,63)64/h9-12,15-18,21-28H,3-8,13-14,19-20H2,1-2H3/b47-41+,48-42+. The van der Waals surface area contributed by atoms with Crippen molar-refractivity contribution in [1.82, 2.24) is 0 Å². The predicted octanol–water partition coefficient (Wildman–Crippen LogP) is 16.8. The van der Waals surface area contributed by atoms with Crippen molar-refractivity contribution in [2.45, 2.75) is 89.9 Å². The van der Waals surface area contributed by atoms with Gasteiger partial charge < -0.3 is 9.80 Å². The van der Waals surface area contributed by atoms with Gasteiger partial charge in [0.05, 0.1) is 33.4 Å². The predicted molar refractivity (Wildman–Crippen MR) is 238 cm³/mol. The van der Waals surface area contributed by atoms with Gasteiger partial charge in [0.15, 0.2) is 0 Å². The molecule has 0 spiro atoms. The number of alkyl halides is 12. The Kier molecular flexibility index (Phi) is 13.9. The van der Waals surface area contributed by atoms with Gasteiger partial charge in [-0.25, -0.2) is 0 Å². The summed E-state index contributed by atoms with van der Waals surface area (Å²) in [7, 11) is 0. The van der Waals surface area contributed by atoms with Crippen LogP contribution in [0.3, 0.4) is 0 Å². The zero-order valence-electron chi connectivity index (χ0n) is 36.6. The van der Waals surface area contributed by atoms with E-state index in [0.717, 1.165) is 38.5 Å². The average Bonchev–Trinajstić information content (AvgIpc) is 3.28. The maximum Gasteiger partial charge on any atom is 0.416 e. The monoisotopic (exact) mass is 950 g/mol. The fourth-order valence-electron chi connectivity index (χ4n) is 8.96. The highest BCUT2D eigenvalue weighted by Gasteiger charge is 2.41. The number of allylic oxidation sites excluding steroid dienone is 2. The summed E-state index contributed by atoms with van der Waals surface area (Å²) < 4.78 is 172. The van der Waals surface area contributed by atoms with Crippen molar-refractivity contribution in [2.24, 2.45) is 0 Å². The third-order valence-electron chi connectivity index (χ3n) is 12.1. The Morgan fingerprint density at radius 1 is 0.412 bits per heavy atom. The van der Waals surface area contributed by atoms with E-state index in [4.69, 9.17) is 0 Å². The van der Waals surface area contributed by atoms with Gasteiger partial charge in [0.25, 0.3) is 0 Å². The van der Waals surface area contributed by atoms with E-state index in [1.54, 1.807) is 60.7 Å². The zero-order chi connectivity index (χ0) is 49.3. The Morgan fingerprint density at radius 2 is 0.735 bits per heavy atom. The lowest BCUT2D eigenvalue weighted by Crippen LogP contribution is -2.28. The van der Waals surface area contributed by atoms with Crippen LogP contribution in [0.1, 0.15) is 121 Å². The number of halogens is 12. The highest BCUT2D eigenvalue weighted by Crippen LogP contribution is 2.56. The van der Waals surface area contributed by atoms with Gasteiger partial charge in [0.1, 0.15) is 12.1 Å². The molecule has 2 aliphatic rings. The van der Waals surface area contributed by atoms with Gasteiger partial charge in [0.2, 0.25) is 0 Å². The van der Waals surface area contributed by atoms with Crippen molar-refractivity contribution < 1.29 is 52.7 Å². The lowest BCUT2D eigenvalue weighted by atomic mass is 9.79. The minimum absolute atomic E-state index is 0.0123. The summed E-state index contributed by atoms with van der Waals surface area (Å²) in [5.41, 5.74) is -6.53. The number of nitrogens with zero attached hydrogens (tertiary/aromatic N) is 4. The molecule has 0 saturated heterocycles. The molecule has 7 rings (SSSR count). The van der Waals surface area contributed by atoms with Crippen LogP contribution in [-0.2, 0) is 24.7 Å². The van der Waals surface area contributed by atoms with Crippen molar-refractivity contribution >= 4 is 45.0 Å². The van der Waals surface area contributed by atoms with Crippen LogP contribution in [0.2, 0.25) is 0 Å². The minimum atomic E-state index is -5.24. The molecular formula is C52H42F12N4. The second kappa shape index (κ2) is 19.1. The smallest absolute Gasteiger partial charge is 0.340 e. The Morgan fingerprint density at radius 3 is 1.03 bits per heavy atom. The van der Waals surface area contributed by atoms with E-state index in [1.807, 2.05) is 35.8 Å². The largest absolute Gasteiger partial charge is 0.416 e. The number of hydrogen-bond acceptors (Lipinski definition) is 4. The number of nitriles is 2. The molecule has 2 aliphatic heterocycles. The van der Waals surface area contributed by atoms with Gasteiger partial charge in [-0.3, -0.25) is 0 Å². The number of para-hydroxylation sites is 2. The fourth-order valence-corrected chi connectivity index (χ4v) is 8.96. The minimum Gasteiger partial charge on any atom is -0.340 e. The first-order chi connectivity index (χ1) is 32.1. The number of anilines is 4. The number of fused-ring (bicyclic) bond motifs is 4. The Labute approximate surface area is 385 Å². The van der Waals surface area contributed by atoms with Crippen LogP contribution in [-0.4, -0.2) is 13.1 Å². The first kappa shape index (κ1) is 49.2. The zero-order valence-corrected chi connectivity index (χ0v) is 36.6.